The molecule has 0 unspecified atom stereocenters. The van der Waals surface area contributed by atoms with Crippen molar-refractivity contribution in [1.29, 1.82) is 0 Å². The highest BCUT2D eigenvalue weighted by Gasteiger charge is 2.22. The van der Waals surface area contributed by atoms with Crippen molar-refractivity contribution in [3.63, 3.8) is 0 Å². The Hall–Kier alpha value is -1.82. The van der Waals surface area contributed by atoms with Gasteiger partial charge in [0, 0.05) is 0 Å². The van der Waals surface area contributed by atoms with Crippen LogP contribution in [-0.2, 0) is 0 Å². The van der Waals surface area contributed by atoms with Crippen LogP contribution < -0.4 is 0 Å². The molecule has 1 aliphatic carbocycles. The van der Waals surface area contributed by atoms with Crippen LogP contribution in [0.4, 0.5) is 0 Å². The summed E-state index contributed by atoms with van der Waals surface area (Å²) >= 11 is 0. The van der Waals surface area contributed by atoms with E-state index in [0.717, 1.165) is 0 Å². The minimum Gasteiger partial charge on any atom is -0.0683 e. The number of rotatable bonds is 0. The average Bonchev–Trinajstić information content (AvgIpc) is 2.86. The molecule has 20 heavy (non-hydrogen) atoms. The van der Waals surface area contributed by atoms with E-state index in [2.05, 4.69) is 62.4 Å². The standard InChI is InChI=1S/C16H14.2C2H6/c1-11(2)16-14-9-5-3-7-12(14)13-8-4-6-10-15(13)16;2*1-2/h3-10H,1-2H3;2*1-2H3. The van der Waals surface area contributed by atoms with Gasteiger partial charge in [0.2, 0.25) is 0 Å². The molecular weight excluding hydrogens is 240 g/mol. The van der Waals surface area contributed by atoms with Gasteiger partial charge in [0.25, 0.3) is 0 Å². The average molecular weight is 266 g/mol. The first-order valence-electron chi connectivity index (χ1n) is 7.65. The van der Waals surface area contributed by atoms with Gasteiger partial charge in [0.05, 0.1) is 0 Å². The van der Waals surface area contributed by atoms with E-state index in [4.69, 9.17) is 0 Å². The molecule has 0 fully saturated rings. The number of benzene rings is 2. The highest BCUT2D eigenvalue weighted by atomic mass is 14.3. The van der Waals surface area contributed by atoms with Crippen LogP contribution in [0, 0.1) is 0 Å². The Kier molecular flexibility index (Phi) is 6.24. The van der Waals surface area contributed by atoms with E-state index < -0.39 is 0 Å². The van der Waals surface area contributed by atoms with E-state index in [1.165, 1.54) is 33.4 Å². The minimum absolute atomic E-state index is 1.37. The van der Waals surface area contributed by atoms with Crippen molar-refractivity contribution >= 4 is 5.57 Å². The van der Waals surface area contributed by atoms with Gasteiger partial charge in [-0.05, 0) is 41.7 Å². The quantitative estimate of drug-likeness (QED) is 0.432. The Morgan fingerprint density at radius 3 is 1.15 bits per heavy atom. The van der Waals surface area contributed by atoms with Gasteiger partial charge in [0.15, 0.2) is 0 Å². The second-order valence-corrected chi connectivity index (χ2v) is 4.47. The van der Waals surface area contributed by atoms with Crippen molar-refractivity contribution in [1.82, 2.24) is 0 Å². The third kappa shape index (κ3) is 2.85. The van der Waals surface area contributed by atoms with Gasteiger partial charge in [-0.1, -0.05) is 81.8 Å². The molecule has 3 rings (SSSR count). The Morgan fingerprint density at radius 2 is 0.850 bits per heavy atom. The molecule has 2 aromatic rings. The summed E-state index contributed by atoms with van der Waals surface area (Å²) in [6.07, 6.45) is 0. The molecule has 0 heterocycles. The Bertz CT molecular complexity index is 537. The predicted molar refractivity (Wildman–Crippen MR) is 91.9 cm³/mol. The van der Waals surface area contributed by atoms with Crippen LogP contribution in [0.25, 0.3) is 16.7 Å². The van der Waals surface area contributed by atoms with Crippen molar-refractivity contribution in [2.45, 2.75) is 41.5 Å². The summed E-state index contributed by atoms with van der Waals surface area (Å²) in [5.74, 6) is 0. The number of fused-ring (bicyclic) bond motifs is 3. The van der Waals surface area contributed by atoms with Gasteiger partial charge >= 0.3 is 0 Å². The summed E-state index contributed by atoms with van der Waals surface area (Å²) in [5.41, 5.74) is 8.29. The van der Waals surface area contributed by atoms with Crippen LogP contribution in [-0.4, -0.2) is 0 Å². The van der Waals surface area contributed by atoms with Crippen LogP contribution >= 0.6 is 0 Å². The summed E-state index contributed by atoms with van der Waals surface area (Å²) in [6.45, 7) is 12.4. The smallest absolute Gasteiger partial charge is 0.00990 e. The van der Waals surface area contributed by atoms with E-state index in [1.54, 1.807) is 0 Å². The highest BCUT2D eigenvalue weighted by Crippen LogP contribution is 2.44. The maximum atomic E-state index is 2.22. The van der Waals surface area contributed by atoms with Gasteiger partial charge in [-0.15, -0.1) is 0 Å². The summed E-state index contributed by atoms with van der Waals surface area (Å²) in [6, 6.07) is 17.3. The van der Waals surface area contributed by atoms with Crippen LogP contribution in [0.1, 0.15) is 52.7 Å². The van der Waals surface area contributed by atoms with E-state index in [9.17, 15) is 0 Å². The lowest BCUT2D eigenvalue weighted by atomic mass is 10.00. The molecule has 0 N–H and O–H groups in total. The fourth-order valence-corrected chi connectivity index (χ4v) is 2.56. The Balaban J connectivity index is 0.000000461. The van der Waals surface area contributed by atoms with Crippen molar-refractivity contribution < 1.29 is 0 Å². The number of allylic oxidation sites excluding steroid dienone is 1. The molecule has 0 atom stereocenters. The largest absolute Gasteiger partial charge is 0.0683 e. The molecule has 0 saturated heterocycles. The highest BCUT2D eigenvalue weighted by molar-refractivity contribution is 6.01. The summed E-state index contributed by atoms with van der Waals surface area (Å²) in [4.78, 5) is 0. The molecule has 0 amide bonds. The molecule has 0 bridgehead atoms. The van der Waals surface area contributed by atoms with Gasteiger partial charge in [-0.2, -0.15) is 0 Å². The van der Waals surface area contributed by atoms with E-state index in [0.29, 0.717) is 0 Å². The summed E-state index contributed by atoms with van der Waals surface area (Å²) in [5, 5.41) is 0. The molecule has 0 aliphatic heterocycles. The third-order valence-electron chi connectivity index (χ3n) is 3.18. The SMILES string of the molecule is CC.CC.CC(C)=C1c2ccccc2-c2ccccc21. The first-order chi connectivity index (χ1) is 9.79. The topological polar surface area (TPSA) is 0 Å². The van der Waals surface area contributed by atoms with Crippen molar-refractivity contribution in [3.05, 3.63) is 65.2 Å². The van der Waals surface area contributed by atoms with Crippen molar-refractivity contribution in [3.8, 4) is 11.1 Å². The third-order valence-corrected chi connectivity index (χ3v) is 3.18. The van der Waals surface area contributed by atoms with Gasteiger partial charge in [-0.25, -0.2) is 0 Å². The monoisotopic (exact) mass is 266 g/mol. The summed E-state index contributed by atoms with van der Waals surface area (Å²) < 4.78 is 0. The molecule has 0 heteroatoms. The number of hydrogen-bond donors (Lipinski definition) is 0. The zero-order valence-electron chi connectivity index (χ0n) is 13.6. The molecular formula is C20H26. The summed E-state index contributed by atoms with van der Waals surface area (Å²) in [7, 11) is 0. The Morgan fingerprint density at radius 1 is 0.550 bits per heavy atom. The molecule has 0 spiro atoms. The fourth-order valence-electron chi connectivity index (χ4n) is 2.56. The molecule has 106 valence electrons. The molecule has 2 aromatic carbocycles. The zero-order valence-corrected chi connectivity index (χ0v) is 13.6. The lowest BCUT2D eigenvalue weighted by Crippen LogP contribution is -1.83. The first-order valence-corrected chi connectivity index (χ1v) is 7.65. The Labute approximate surface area is 124 Å². The van der Waals surface area contributed by atoms with Crippen molar-refractivity contribution in [2.75, 3.05) is 0 Å². The second-order valence-electron chi connectivity index (χ2n) is 4.47. The minimum atomic E-state index is 1.37. The van der Waals surface area contributed by atoms with Crippen LogP contribution in [0.5, 0.6) is 0 Å². The zero-order chi connectivity index (χ0) is 15.1. The molecule has 0 radical (unpaired) electrons. The molecule has 0 aromatic heterocycles. The van der Waals surface area contributed by atoms with Gasteiger partial charge in [-0.3, -0.25) is 0 Å². The van der Waals surface area contributed by atoms with E-state index in [1.807, 2.05) is 27.7 Å². The maximum absolute atomic E-state index is 2.22. The maximum Gasteiger partial charge on any atom is -0.00990 e. The molecule has 1 aliphatic rings. The van der Waals surface area contributed by atoms with Crippen LogP contribution in [0.3, 0.4) is 0 Å². The first kappa shape index (κ1) is 16.2. The predicted octanol–water partition coefficient (Wildman–Crippen LogP) is 6.56. The lowest BCUT2D eigenvalue weighted by molar-refractivity contribution is 1.39. The van der Waals surface area contributed by atoms with Gasteiger partial charge in [0.1, 0.15) is 0 Å². The van der Waals surface area contributed by atoms with Crippen molar-refractivity contribution in [2.24, 2.45) is 0 Å². The van der Waals surface area contributed by atoms with Crippen LogP contribution in [0.2, 0.25) is 0 Å². The normalized spacial score (nSPS) is 10.4. The fraction of sp³-hybridized carbons (Fsp3) is 0.300. The van der Waals surface area contributed by atoms with E-state index in [-0.39, 0.29) is 0 Å². The number of hydrogen-bond acceptors (Lipinski definition) is 0. The molecule has 0 saturated carbocycles. The van der Waals surface area contributed by atoms with Crippen LogP contribution in [0.15, 0.2) is 54.1 Å². The van der Waals surface area contributed by atoms with E-state index >= 15 is 0 Å². The lowest BCUT2D eigenvalue weighted by Gasteiger charge is -2.04. The van der Waals surface area contributed by atoms with Gasteiger partial charge < -0.3 is 0 Å². The second kappa shape index (κ2) is 7.69. The molecule has 0 nitrogen and oxygen atoms in total.